The molecular formula is C16H23N3O3. The van der Waals surface area contributed by atoms with E-state index in [1.807, 2.05) is 17.0 Å². The Morgan fingerprint density at radius 3 is 2.86 bits per heavy atom. The van der Waals surface area contributed by atoms with Crippen molar-refractivity contribution in [2.75, 3.05) is 33.8 Å². The Balaban J connectivity index is 1.53. The van der Waals surface area contributed by atoms with Crippen LogP contribution in [-0.4, -0.2) is 66.3 Å². The van der Waals surface area contributed by atoms with E-state index in [9.17, 15) is 4.79 Å². The maximum atomic E-state index is 12.0. The Hall–Kier alpha value is -1.82. The van der Waals surface area contributed by atoms with Crippen LogP contribution in [0.1, 0.15) is 19.3 Å². The minimum atomic E-state index is -0.129. The van der Waals surface area contributed by atoms with Gasteiger partial charge in [0.1, 0.15) is 11.9 Å². The van der Waals surface area contributed by atoms with E-state index in [1.165, 1.54) is 0 Å². The van der Waals surface area contributed by atoms with Crippen LogP contribution >= 0.6 is 0 Å². The quantitative estimate of drug-likeness (QED) is 0.835. The molecule has 2 fully saturated rings. The second-order valence-electron chi connectivity index (χ2n) is 6.29. The number of carbonyl (C=O) groups is 1. The summed E-state index contributed by atoms with van der Waals surface area (Å²) in [6, 6.07) is 3.86. The lowest BCUT2D eigenvalue weighted by atomic mass is 9.88. The van der Waals surface area contributed by atoms with E-state index in [1.54, 1.807) is 31.4 Å². The molecule has 0 bridgehead atoms. The van der Waals surface area contributed by atoms with Crippen molar-refractivity contribution in [1.82, 2.24) is 14.8 Å². The van der Waals surface area contributed by atoms with Crippen LogP contribution < -0.4 is 4.74 Å². The summed E-state index contributed by atoms with van der Waals surface area (Å²) in [5, 5.41) is 0. The Bertz CT molecular complexity index is 513. The standard InChI is InChI=1S/C16H23N3O3/c1-18(2)15(20)19-8-5-16(6-9-19)10-14(12-21-16)22-13-4-3-7-17-11-13/h3-4,7,11,14H,5-6,8-10,12H2,1-2H3/t14-/m0/s1. The molecule has 6 nitrogen and oxygen atoms in total. The predicted molar refractivity (Wildman–Crippen MR) is 81.8 cm³/mol. The van der Waals surface area contributed by atoms with Gasteiger partial charge in [-0.25, -0.2) is 4.79 Å². The highest BCUT2D eigenvalue weighted by Crippen LogP contribution is 2.37. The summed E-state index contributed by atoms with van der Waals surface area (Å²) in [5.41, 5.74) is -0.129. The van der Waals surface area contributed by atoms with Crippen LogP contribution in [-0.2, 0) is 4.74 Å². The van der Waals surface area contributed by atoms with E-state index in [-0.39, 0.29) is 17.7 Å². The van der Waals surface area contributed by atoms with Gasteiger partial charge in [-0.1, -0.05) is 0 Å². The number of pyridine rings is 1. The summed E-state index contributed by atoms with van der Waals surface area (Å²) >= 11 is 0. The van der Waals surface area contributed by atoms with Crippen LogP contribution in [0.4, 0.5) is 4.79 Å². The molecule has 0 N–H and O–H groups in total. The van der Waals surface area contributed by atoms with Crippen molar-refractivity contribution in [3.8, 4) is 5.75 Å². The number of likely N-dealkylation sites (tertiary alicyclic amines) is 1. The average molecular weight is 305 g/mol. The molecule has 0 unspecified atom stereocenters. The van der Waals surface area contributed by atoms with Crippen molar-refractivity contribution in [3.63, 3.8) is 0 Å². The molecule has 0 aromatic carbocycles. The molecule has 1 spiro atoms. The second-order valence-corrected chi connectivity index (χ2v) is 6.29. The number of aromatic nitrogens is 1. The van der Waals surface area contributed by atoms with Crippen LogP contribution in [0.25, 0.3) is 0 Å². The van der Waals surface area contributed by atoms with E-state index in [0.717, 1.165) is 38.1 Å². The lowest BCUT2D eigenvalue weighted by Gasteiger charge is -2.39. The number of urea groups is 1. The smallest absolute Gasteiger partial charge is 0.319 e. The summed E-state index contributed by atoms with van der Waals surface area (Å²) in [5.74, 6) is 0.786. The number of hydrogen-bond donors (Lipinski definition) is 0. The van der Waals surface area contributed by atoms with Gasteiger partial charge in [0.2, 0.25) is 0 Å². The van der Waals surface area contributed by atoms with Crippen molar-refractivity contribution >= 4 is 6.03 Å². The number of ether oxygens (including phenoxy) is 2. The normalized spacial score (nSPS) is 23.5. The number of piperidine rings is 1. The van der Waals surface area contributed by atoms with Gasteiger partial charge in [0.15, 0.2) is 0 Å². The number of amides is 2. The van der Waals surface area contributed by atoms with Crippen molar-refractivity contribution in [2.45, 2.75) is 31.0 Å². The highest BCUT2D eigenvalue weighted by Gasteiger charge is 2.44. The first-order valence-corrected chi connectivity index (χ1v) is 7.75. The molecule has 22 heavy (non-hydrogen) atoms. The van der Waals surface area contributed by atoms with Crippen LogP contribution in [0, 0.1) is 0 Å². The number of hydrogen-bond acceptors (Lipinski definition) is 4. The fourth-order valence-electron chi connectivity index (χ4n) is 3.22. The van der Waals surface area contributed by atoms with Gasteiger partial charge < -0.3 is 19.3 Å². The number of carbonyl (C=O) groups excluding carboxylic acids is 1. The molecule has 2 saturated heterocycles. The third-order valence-corrected chi connectivity index (χ3v) is 4.44. The zero-order chi connectivity index (χ0) is 15.6. The molecule has 0 saturated carbocycles. The summed E-state index contributed by atoms with van der Waals surface area (Å²) in [6.45, 7) is 2.10. The second kappa shape index (κ2) is 6.12. The molecule has 0 radical (unpaired) electrons. The van der Waals surface area contributed by atoms with E-state index in [4.69, 9.17) is 9.47 Å². The highest BCUT2D eigenvalue weighted by molar-refractivity contribution is 5.73. The van der Waals surface area contributed by atoms with E-state index < -0.39 is 0 Å². The molecule has 2 amide bonds. The molecule has 6 heteroatoms. The Morgan fingerprint density at radius 1 is 1.45 bits per heavy atom. The predicted octanol–water partition coefficient (Wildman–Crippen LogP) is 1.77. The van der Waals surface area contributed by atoms with Gasteiger partial charge in [-0.05, 0) is 25.0 Å². The first-order chi connectivity index (χ1) is 10.6. The molecule has 120 valence electrons. The van der Waals surface area contributed by atoms with Gasteiger partial charge >= 0.3 is 6.03 Å². The lowest BCUT2D eigenvalue weighted by Crippen LogP contribution is -2.49. The summed E-state index contributed by atoms with van der Waals surface area (Å²) in [6.07, 6.45) is 6.16. The molecular weight excluding hydrogens is 282 g/mol. The van der Waals surface area contributed by atoms with Crippen molar-refractivity contribution < 1.29 is 14.3 Å². The summed E-state index contributed by atoms with van der Waals surface area (Å²) < 4.78 is 12.0. The van der Waals surface area contributed by atoms with Crippen LogP contribution in [0.2, 0.25) is 0 Å². The van der Waals surface area contributed by atoms with Gasteiger partial charge in [-0.2, -0.15) is 0 Å². The molecule has 0 aliphatic carbocycles. The molecule has 3 heterocycles. The minimum absolute atomic E-state index is 0.0697. The van der Waals surface area contributed by atoms with Crippen LogP contribution in [0.15, 0.2) is 24.5 Å². The SMILES string of the molecule is CN(C)C(=O)N1CCC2(CC1)C[C@H](Oc1cccnc1)CO2. The average Bonchev–Trinajstić information content (AvgIpc) is 2.91. The first-order valence-electron chi connectivity index (χ1n) is 7.75. The third kappa shape index (κ3) is 3.16. The van der Waals surface area contributed by atoms with E-state index in [0.29, 0.717) is 6.61 Å². The largest absolute Gasteiger partial charge is 0.486 e. The monoisotopic (exact) mass is 305 g/mol. The maximum Gasteiger partial charge on any atom is 0.319 e. The molecule has 2 aliphatic heterocycles. The first kappa shape index (κ1) is 15.1. The van der Waals surface area contributed by atoms with Gasteiger partial charge in [-0.15, -0.1) is 0 Å². The Kier molecular flexibility index (Phi) is 4.20. The third-order valence-electron chi connectivity index (χ3n) is 4.44. The molecule has 3 rings (SSSR count). The van der Waals surface area contributed by atoms with Crippen molar-refractivity contribution in [2.24, 2.45) is 0 Å². The minimum Gasteiger partial charge on any atom is -0.486 e. The lowest BCUT2D eigenvalue weighted by molar-refractivity contribution is -0.0384. The van der Waals surface area contributed by atoms with Gasteiger partial charge in [0.25, 0.3) is 0 Å². The molecule has 1 aromatic rings. The van der Waals surface area contributed by atoms with Crippen molar-refractivity contribution in [1.29, 1.82) is 0 Å². The van der Waals surface area contributed by atoms with Crippen LogP contribution in [0.5, 0.6) is 5.75 Å². The van der Waals surface area contributed by atoms with Gasteiger partial charge in [0.05, 0.1) is 18.4 Å². The van der Waals surface area contributed by atoms with E-state index in [2.05, 4.69) is 4.98 Å². The highest BCUT2D eigenvalue weighted by atomic mass is 16.6. The Morgan fingerprint density at radius 2 is 2.23 bits per heavy atom. The number of rotatable bonds is 2. The van der Waals surface area contributed by atoms with Crippen LogP contribution in [0.3, 0.4) is 0 Å². The fourth-order valence-corrected chi connectivity index (χ4v) is 3.22. The van der Waals surface area contributed by atoms with Gasteiger partial charge in [0, 0.05) is 39.8 Å². The summed E-state index contributed by atoms with van der Waals surface area (Å²) in [7, 11) is 3.58. The zero-order valence-corrected chi connectivity index (χ0v) is 13.2. The van der Waals surface area contributed by atoms with E-state index >= 15 is 0 Å². The molecule has 1 atom stereocenters. The van der Waals surface area contributed by atoms with Gasteiger partial charge in [-0.3, -0.25) is 4.98 Å². The molecule has 1 aromatic heterocycles. The fraction of sp³-hybridized carbons (Fsp3) is 0.625. The molecule has 2 aliphatic rings. The number of nitrogens with zero attached hydrogens (tertiary/aromatic N) is 3. The summed E-state index contributed by atoms with van der Waals surface area (Å²) in [4.78, 5) is 19.6. The Labute approximate surface area is 131 Å². The zero-order valence-electron chi connectivity index (χ0n) is 13.2. The van der Waals surface area contributed by atoms with Crippen molar-refractivity contribution in [3.05, 3.63) is 24.5 Å². The maximum absolute atomic E-state index is 12.0. The topological polar surface area (TPSA) is 54.9 Å².